The van der Waals surface area contributed by atoms with Crippen molar-refractivity contribution in [3.8, 4) is 47.1 Å². The van der Waals surface area contributed by atoms with E-state index in [9.17, 15) is 0 Å². The second-order valence-corrected chi connectivity index (χ2v) is 16.9. The molecule has 3 heteroatoms. The van der Waals surface area contributed by atoms with Crippen LogP contribution in [0.2, 0.25) is 16.6 Å². The number of terminal acetylenes is 1. The Hall–Kier alpha value is -3.06. The summed E-state index contributed by atoms with van der Waals surface area (Å²) in [5, 5.41) is 0. The summed E-state index contributed by atoms with van der Waals surface area (Å²) in [6.07, 6.45) is 5.62. The molecule has 0 amide bonds. The van der Waals surface area contributed by atoms with Gasteiger partial charge in [0.2, 0.25) is 0 Å². The molecule has 0 aliphatic carbocycles. The van der Waals surface area contributed by atoms with Gasteiger partial charge in [0.1, 0.15) is 19.6 Å². The highest BCUT2D eigenvalue weighted by Crippen LogP contribution is 2.41. The lowest BCUT2D eigenvalue weighted by Gasteiger charge is -2.38. The molecule has 0 saturated carbocycles. The molecule has 2 nitrogen and oxygen atoms in total. The Bertz CT molecular complexity index is 1220. The van der Waals surface area contributed by atoms with Gasteiger partial charge in [-0.05, 0) is 45.8 Å². The van der Waals surface area contributed by atoms with Crippen molar-refractivity contribution in [1.82, 2.24) is 0 Å². The topological polar surface area (TPSA) is 18.5 Å². The minimum Gasteiger partial charge on any atom is -0.495 e. The van der Waals surface area contributed by atoms with Gasteiger partial charge in [0.25, 0.3) is 0 Å². The van der Waals surface area contributed by atoms with Crippen molar-refractivity contribution in [3.05, 3.63) is 58.1 Å². The van der Waals surface area contributed by atoms with Crippen LogP contribution >= 0.6 is 0 Å². The first-order chi connectivity index (χ1) is 16.8. The molecule has 0 heterocycles. The van der Waals surface area contributed by atoms with Gasteiger partial charge in [-0.2, -0.15) is 0 Å². The van der Waals surface area contributed by atoms with Gasteiger partial charge in [-0.3, -0.25) is 0 Å². The van der Waals surface area contributed by atoms with Crippen LogP contribution in [0, 0.1) is 35.6 Å². The monoisotopic (exact) mass is 498 g/mol. The minimum absolute atomic E-state index is 0.0217. The molecule has 190 valence electrons. The summed E-state index contributed by atoms with van der Waals surface area (Å²) in [6.45, 7) is 20.7. The Morgan fingerprint density at radius 3 is 1.61 bits per heavy atom. The molecule has 36 heavy (non-hydrogen) atoms. The van der Waals surface area contributed by atoms with Crippen LogP contribution in [-0.4, -0.2) is 22.3 Å². The van der Waals surface area contributed by atoms with Gasteiger partial charge in [0, 0.05) is 23.3 Å². The molecule has 2 aromatic carbocycles. The fourth-order valence-corrected chi connectivity index (χ4v) is 10.3. The van der Waals surface area contributed by atoms with Gasteiger partial charge in [-0.25, -0.2) is 0 Å². The summed E-state index contributed by atoms with van der Waals surface area (Å²) in [6, 6.07) is 10.1. The zero-order valence-electron chi connectivity index (χ0n) is 24.0. The second-order valence-electron chi connectivity index (χ2n) is 11.3. The highest BCUT2D eigenvalue weighted by atomic mass is 28.3. The van der Waals surface area contributed by atoms with Gasteiger partial charge in [-0.15, -0.1) is 12.0 Å². The molecule has 2 rings (SSSR count). The molecule has 2 aromatic rings. The number of methoxy groups -OCH3 is 2. The van der Waals surface area contributed by atoms with E-state index in [1.165, 1.54) is 5.56 Å². The van der Waals surface area contributed by atoms with Crippen molar-refractivity contribution >= 4 is 8.07 Å². The average Bonchev–Trinajstić information content (AvgIpc) is 2.81. The van der Waals surface area contributed by atoms with E-state index in [4.69, 9.17) is 15.9 Å². The Balaban J connectivity index is 2.69. The van der Waals surface area contributed by atoms with Gasteiger partial charge in [-0.1, -0.05) is 86.0 Å². The highest BCUT2D eigenvalue weighted by Gasteiger charge is 2.41. The van der Waals surface area contributed by atoms with Gasteiger partial charge < -0.3 is 9.47 Å². The molecule has 0 bridgehead atoms. The van der Waals surface area contributed by atoms with Crippen LogP contribution < -0.4 is 9.47 Å². The number of benzene rings is 2. The standard InChI is InChI=1S/C33H42O2Si/c1-13-28-21-32(35-12)29(22-31(28)34-11)15-14-26-18-27(20-30(19-26)33(8,9)10)16-17-36(23(2)3,24(4)5)25(6)7/h1,18-25H,2-12H3. The summed E-state index contributed by atoms with van der Waals surface area (Å²) in [5.74, 6) is 14.1. The van der Waals surface area contributed by atoms with Crippen LogP contribution in [-0.2, 0) is 5.41 Å². The number of hydrogen-bond acceptors (Lipinski definition) is 2. The van der Waals surface area contributed by atoms with E-state index < -0.39 is 8.07 Å². The maximum absolute atomic E-state index is 5.62. The smallest absolute Gasteiger partial charge is 0.146 e. The molecular weight excluding hydrogens is 456 g/mol. The third-order valence-electron chi connectivity index (χ3n) is 7.11. The Morgan fingerprint density at radius 1 is 0.694 bits per heavy atom. The zero-order valence-corrected chi connectivity index (χ0v) is 25.0. The van der Waals surface area contributed by atoms with E-state index in [0.29, 0.717) is 33.7 Å². The highest BCUT2D eigenvalue weighted by molar-refractivity contribution is 6.90. The van der Waals surface area contributed by atoms with Crippen molar-refractivity contribution in [2.75, 3.05) is 14.2 Å². The van der Waals surface area contributed by atoms with Gasteiger partial charge in [0.05, 0.1) is 25.3 Å². The van der Waals surface area contributed by atoms with Crippen LogP contribution in [0.4, 0.5) is 0 Å². The molecule has 0 atom stereocenters. The molecule has 0 aliphatic heterocycles. The third kappa shape index (κ3) is 6.38. The van der Waals surface area contributed by atoms with Gasteiger partial charge >= 0.3 is 0 Å². The molecule has 0 fully saturated rings. The molecular formula is C33H42O2Si. The van der Waals surface area contributed by atoms with Crippen molar-refractivity contribution in [2.24, 2.45) is 0 Å². The molecule has 0 aliphatic rings. The summed E-state index contributed by atoms with van der Waals surface area (Å²) in [5.41, 5.74) is 10.1. The first kappa shape index (κ1) is 29.2. The lowest BCUT2D eigenvalue weighted by atomic mass is 9.85. The van der Waals surface area contributed by atoms with Crippen LogP contribution in [0.3, 0.4) is 0 Å². The number of ether oxygens (including phenoxy) is 2. The zero-order chi connectivity index (χ0) is 27.3. The van der Waals surface area contributed by atoms with Crippen molar-refractivity contribution in [2.45, 2.75) is 84.4 Å². The molecule has 0 aromatic heterocycles. The average molecular weight is 499 g/mol. The normalized spacial score (nSPS) is 11.5. The summed E-state index contributed by atoms with van der Waals surface area (Å²) in [4.78, 5) is 0. The largest absolute Gasteiger partial charge is 0.495 e. The molecule has 0 unspecified atom stereocenters. The summed E-state index contributed by atoms with van der Waals surface area (Å²) < 4.78 is 11.0. The first-order valence-corrected chi connectivity index (χ1v) is 15.0. The Kier molecular flexibility index (Phi) is 9.55. The second kappa shape index (κ2) is 11.8. The molecule has 0 radical (unpaired) electrons. The quantitative estimate of drug-likeness (QED) is 0.307. The summed E-state index contributed by atoms with van der Waals surface area (Å²) >= 11 is 0. The first-order valence-electron chi connectivity index (χ1n) is 12.7. The fraction of sp³-hybridized carbons (Fsp3) is 0.455. The Morgan fingerprint density at radius 2 is 1.17 bits per heavy atom. The van der Waals surface area contributed by atoms with E-state index in [0.717, 1.165) is 16.7 Å². The van der Waals surface area contributed by atoms with Crippen molar-refractivity contribution in [3.63, 3.8) is 0 Å². The number of hydrogen-bond donors (Lipinski definition) is 0. The fourth-order valence-electron chi connectivity index (χ4n) is 5.07. The van der Waals surface area contributed by atoms with Crippen LogP contribution in [0.1, 0.15) is 90.1 Å². The van der Waals surface area contributed by atoms with Crippen LogP contribution in [0.25, 0.3) is 0 Å². The van der Waals surface area contributed by atoms with E-state index >= 15 is 0 Å². The lowest BCUT2D eigenvalue weighted by molar-refractivity contribution is 0.401. The van der Waals surface area contributed by atoms with Crippen molar-refractivity contribution in [1.29, 1.82) is 0 Å². The van der Waals surface area contributed by atoms with E-state index in [1.54, 1.807) is 20.3 Å². The SMILES string of the molecule is C#Cc1cc(OC)c(C#Cc2cc(C#C[Si](C(C)C)(C(C)C)C(C)C)cc(C(C)(C)C)c2)cc1OC. The maximum atomic E-state index is 5.62. The molecule has 0 saturated heterocycles. The summed E-state index contributed by atoms with van der Waals surface area (Å²) in [7, 11) is 1.39. The van der Waals surface area contributed by atoms with Crippen LogP contribution in [0.5, 0.6) is 11.5 Å². The Labute approximate surface area is 221 Å². The number of rotatable bonds is 5. The van der Waals surface area contributed by atoms with Gasteiger partial charge in [0.15, 0.2) is 0 Å². The van der Waals surface area contributed by atoms with Crippen molar-refractivity contribution < 1.29 is 9.47 Å². The minimum atomic E-state index is -1.84. The lowest BCUT2D eigenvalue weighted by Crippen LogP contribution is -2.43. The van der Waals surface area contributed by atoms with Crippen LogP contribution in [0.15, 0.2) is 30.3 Å². The maximum Gasteiger partial charge on any atom is 0.146 e. The van der Waals surface area contributed by atoms with E-state index in [-0.39, 0.29) is 5.41 Å². The van der Waals surface area contributed by atoms with E-state index in [2.05, 4.69) is 110 Å². The predicted molar refractivity (Wildman–Crippen MR) is 157 cm³/mol. The third-order valence-corrected chi connectivity index (χ3v) is 13.4. The molecule has 0 N–H and O–H groups in total. The van der Waals surface area contributed by atoms with E-state index in [1.807, 2.05) is 6.07 Å². The predicted octanol–water partition coefficient (Wildman–Crippen LogP) is 7.95. The molecule has 0 spiro atoms.